The zero-order valence-electron chi connectivity index (χ0n) is 17.3. The number of halogens is 1. The van der Waals surface area contributed by atoms with Crippen LogP contribution < -0.4 is 15.4 Å². The van der Waals surface area contributed by atoms with Gasteiger partial charge in [0.15, 0.2) is 0 Å². The quantitative estimate of drug-likeness (QED) is 0.528. The summed E-state index contributed by atoms with van der Waals surface area (Å²) >= 11 is 6.04. The predicted octanol–water partition coefficient (Wildman–Crippen LogP) is 4.86. The van der Waals surface area contributed by atoms with Crippen molar-refractivity contribution in [3.63, 3.8) is 0 Å². The van der Waals surface area contributed by atoms with Gasteiger partial charge in [-0.05, 0) is 41.0 Å². The Morgan fingerprint density at radius 1 is 1.00 bits per heavy atom. The average molecular weight is 449 g/mol. The van der Waals surface area contributed by atoms with Crippen LogP contribution in [0.25, 0.3) is 5.70 Å². The Hall–Kier alpha value is -3.77. The van der Waals surface area contributed by atoms with E-state index in [1.54, 1.807) is 12.1 Å². The number of carbonyl (C=O) groups excluding carboxylic acids is 2. The van der Waals surface area contributed by atoms with Crippen LogP contribution >= 0.6 is 11.6 Å². The van der Waals surface area contributed by atoms with Crippen molar-refractivity contribution in [3.05, 3.63) is 106 Å². The number of hydrogen-bond acceptors (Lipinski definition) is 4. The summed E-state index contributed by atoms with van der Waals surface area (Å²) in [5.41, 5.74) is 3.06. The molecule has 1 aliphatic heterocycles. The minimum absolute atomic E-state index is 0.310. The normalized spacial score (nSPS) is 15.6. The molecule has 0 aliphatic carbocycles. The topological polar surface area (TPSA) is 76.7 Å². The number of esters is 1. The average Bonchev–Trinajstić information content (AvgIpc) is 2.82. The van der Waals surface area contributed by atoms with Gasteiger partial charge in [-0.25, -0.2) is 9.59 Å². The standard InChI is InChI=1S/C25H21ClN2O4/c1-31-24(29)21-22(17-8-3-2-4-9-17)27-25(30)28-23(21)18-10-6-12-20(14-18)32-15-16-7-5-11-19(26)13-16/h2-14,23H,15H2,1H3,(H2,27,28,30). The van der Waals surface area contributed by atoms with Crippen molar-refractivity contribution in [3.8, 4) is 5.75 Å². The van der Waals surface area contributed by atoms with Gasteiger partial charge in [-0.3, -0.25) is 0 Å². The van der Waals surface area contributed by atoms with Crippen LogP contribution in [-0.4, -0.2) is 19.1 Å². The number of nitrogens with one attached hydrogen (secondary N) is 2. The Bertz CT molecular complexity index is 1180. The number of urea groups is 1. The molecule has 162 valence electrons. The number of amides is 2. The number of carbonyl (C=O) groups is 2. The van der Waals surface area contributed by atoms with Crippen molar-refractivity contribution in [2.24, 2.45) is 0 Å². The molecular formula is C25H21ClN2O4. The summed E-state index contributed by atoms with van der Waals surface area (Å²) in [4.78, 5) is 25.2. The van der Waals surface area contributed by atoms with Crippen molar-refractivity contribution in [2.45, 2.75) is 12.6 Å². The van der Waals surface area contributed by atoms with E-state index in [9.17, 15) is 9.59 Å². The highest BCUT2D eigenvalue weighted by Crippen LogP contribution is 2.33. The molecule has 2 N–H and O–H groups in total. The molecule has 0 fully saturated rings. The molecular weight excluding hydrogens is 428 g/mol. The van der Waals surface area contributed by atoms with Crippen molar-refractivity contribution in [1.82, 2.24) is 10.6 Å². The van der Waals surface area contributed by atoms with Crippen LogP contribution in [0.2, 0.25) is 5.02 Å². The van der Waals surface area contributed by atoms with Gasteiger partial charge in [0, 0.05) is 5.02 Å². The third kappa shape index (κ3) is 4.76. The first-order chi connectivity index (χ1) is 15.5. The summed E-state index contributed by atoms with van der Waals surface area (Å²) in [6, 6.07) is 22.8. The van der Waals surface area contributed by atoms with Gasteiger partial charge in [0.05, 0.1) is 24.4 Å². The number of benzene rings is 3. The molecule has 7 heteroatoms. The predicted molar refractivity (Wildman–Crippen MR) is 122 cm³/mol. The maximum absolute atomic E-state index is 12.8. The second kappa shape index (κ2) is 9.58. The van der Waals surface area contributed by atoms with Gasteiger partial charge in [-0.2, -0.15) is 0 Å². The van der Waals surface area contributed by atoms with Crippen LogP contribution in [0.4, 0.5) is 4.79 Å². The molecule has 0 spiro atoms. The highest BCUT2D eigenvalue weighted by molar-refractivity contribution is 6.30. The van der Waals surface area contributed by atoms with E-state index in [0.717, 1.165) is 5.56 Å². The van der Waals surface area contributed by atoms with E-state index in [1.807, 2.05) is 66.7 Å². The third-order valence-electron chi connectivity index (χ3n) is 5.03. The highest BCUT2D eigenvalue weighted by atomic mass is 35.5. The molecule has 4 rings (SSSR count). The molecule has 1 heterocycles. The lowest BCUT2D eigenvalue weighted by Gasteiger charge is -2.29. The van der Waals surface area contributed by atoms with E-state index < -0.39 is 18.0 Å². The van der Waals surface area contributed by atoms with E-state index in [-0.39, 0.29) is 0 Å². The van der Waals surface area contributed by atoms with Gasteiger partial charge in [-0.1, -0.05) is 66.2 Å². The maximum Gasteiger partial charge on any atom is 0.338 e. The lowest BCUT2D eigenvalue weighted by molar-refractivity contribution is -0.136. The van der Waals surface area contributed by atoms with Gasteiger partial charge in [0.25, 0.3) is 0 Å². The van der Waals surface area contributed by atoms with E-state index >= 15 is 0 Å². The molecule has 0 aromatic heterocycles. The van der Waals surface area contributed by atoms with E-state index in [4.69, 9.17) is 21.1 Å². The summed E-state index contributed by atoms with van der Waals surface area (Å²) in [6.07, 6.45) is 0. The SMILES string of the molecule is COC(=O)C1=C(c2ccccc2)NC(=O)NC1c1cccc(OCc2cccc(Cl)c2)c1. The molecule has 3 aromatic carbocycles. The lowest BCUT2D eigenvalue weighted by Crippen LogP contribution is -2.45. The number of ether oxygens (including phenoxy) is 2. The summed E-state index contributed by atoms with van der Waals surface area (Å²) in [5, 5.41) is 6.21. The van der Waals surface area contributed by atoms with Crippen molar-refractivity contribution >= 4 is 29.3 Å². The zero-order chi connectivity index (χ0) is 22.5. The zero-order valence-corrected chi connectivity index (χ0v) is 18.1. The second-order valence-electron chi connectivity index (χ2n) is 7.17. The third-order valence-corrected chi connectivity index (χ3v) is 5.26. The molecule has 6 nitrogen and oxygen atoms in total. The van der Waals surface area contributed by atoms with Gasteiger partial charge < -0.3 is 20.1 Å². The fourth-order valence-corrected chi connectivity index (χ4v) is 3.77. The summed E-state index contributed by atoms with van der Waals surface area (Å²) in [5.74, 6) is 0.0623. The Labute approximate surface area is 190 Å². The largest absolute Gasteiger partial charge is 0.489 e. The fourth-order valence-electron chi connectivity index (χ4n) is 3.55. The molecule has 2 amide bonds. The Balaban J connectivity index is 1.68. The molecule has 0 bridgehead atoms. The molecule has 1 atom stereocenters. The number of hydrogen-bond donors (Lipinski definition) is 2. The smallest absolute Gasteiger partial charge is 0.338 e. The molecule has 1 aliphatic rings. The fraction of sp³-hybridized carbons (Fsp3) is 0.120. The molecule has 0 radical (unpaired) electrons. The van der Waals surface area contributed by atoms with Gasteiger partial charge >= 0.3 is 12.0 Å². The first-order valence-electron chi connectivity index (χ1n) is 9.98. The van der Waals surface area contributed by atoms with Gasteiger partial charge in [0.2, 0.25) is 0 Å². The van der Waals surface area contributed by atoms with Crippen molar-refractivity contribution < 1.29 is 19.1 Å². The van der Waals surface area contributed by atoms with Crippen LogP contribution in [0.5, 0.6) is 5.75 Å². The minimum Gasteiger partial charge on any atom is -0.489 e. The Kier molecular flexibility index (Phi) is 6.42. The van der Waals surface area contributed by atoms with E-state index in [1.165, 1.54) is 7.11 Å². The Morgan fingerprint density at radius 3 is 2.53 bits per heavy atom. The van der Waals surface area contributed by atoms with Crippen LogP contribution in [-0.2, 0) is 16.1 Å². The minimum atomic E-state index is -0.707. The second-order valence-corrected chi connectivity index (χ2v) is 7.61. The molecule has 3 aromatic rings. The number of rotatable bonds is 6. The summed E-state index contributed by atoms with van der Waals surface area (Å²) in [6.45, 7) is 0.331. The summed E-state index contributed by atoms with van der Waals surface area (Å²) < 4.78 is 11.0. The highest BCUT2D eigenvalue weighted by Gasteiger charge is 2.34. The van der Waals surface area contributed by atoms with Gasteiger partial charge in [0.1, 0.15) is 12.4 Å². The molecule has 32 heavy (non-hydrogen) atoms. The maximum atomic E-state index is 12.8. The first-order valence-corrected chi connectivity index (χ1v) is 10.4. The monoisotopic (exact) mass is 448 g/mol. The van der Waals surface area contributed by atoms with Crippen molar-refractivity contribution in [1.29, 1.82) is 0 Å². The van der Waals surface area contributed by atoms with Crippen LogP contribution in [0.1, 0.15) is 22.7 Å². The number of methoxy groups -OCH3 is 1. The van der Waals surface area contributed by atoms with Crippen molar-refractivity contribution in [2.75, 3.05) is 7.11 Å². The van der Waals surface area contributed by atoms with Crippen LogP contribution in [0, 0.1) is 0 Å². The van der Waals surface area contributed by atoms with E-state index in [0.29, 0.717) is 39.8 Å². The van der Waals surface area contributed by atoms with Crippen LogP contribution in [0.15, 0.2) is 84.4 Å². The lowest BCUT2D eigenvalue weighted by atomic mass is 9.92. The molecule has 1 unspecified atom stereocenters. The van der Waals surface area contributed by atoms with E-state index in [2.05, 4.69) is 10.6 Å². The Morgan fingerprint density at radius 2 is 1.78 bits per heavy atom. The first kappa shape index (κ1) is 21.5. The molecule has 0 saturated carbocycles. The van der Waals surface area contributed by atoms with Crippen LogP contribution in [0.3, 0.4) is 0 Å². The van der Waals surface area contributed by atoms with Gasteiger partial charge in [-0.15, -0.1) is 0 Å². The molecule has 0 saturated heterocycles. The summed E-state index contributed by atoms with van der Waals surface area (Å²) in [7, 11) is 1.32.